The van der Waals surface area contributed by atoms with Crippen LogP contribution >= 0.6 is 0 Å². The second kappa shape index (κ2) is 9.15. The Hall–Kier alpha value is -1.66. The van der Waals surface area contributed by atoms with E-state index in [0.29, 0.717) is 18.5 Å². The van der Waals surface area contributed by atoms with Crippen LogP contribution in [0.3, 0.4) is 0 Å². The SMILES string of the molecule is CCCN(C(=O)CN1CCN(c2ccccn2)CC1)C1CCNCC1. The van der Waals surface area contributed by atoms with Crippen LogP contribution in [0.15, 0.2) is 24.4 Å². The molecule has 0 atom stereocenters. The third-order valence-corrected chi connectivity index (χ3v) is 5.24. The van der Waals surface area contributed by atoms with Gasteiger partial charge in [-0.3, -0.25) is 9.69 Å². The molecule has 2 aliphatic rings. The summed E-state index contributed by atoms with van der Waals surface area (Å²) in [7, 11) is 0. The molecule has 138 valence electrons. The first-order valence-electron chi connectivity index (χ1n) is 9.66. The quantitative estimate of drug-likeness (QED) is 0.839. The molecule has 1 aromatic rings. The number of hydrogen-bond acceptors (Lipinski definition) is 5. The first-order valence-corrected chi connectivity index (χ1v) is 9.66. The van der Waals surface area contributed by atoms with E-state index in [2.05, 4.69) is 38.0 Å². The van der Waals surface area contributed by atoms with E-state index in [1.54, 1.807) is 0 Å². The molecule has 3 rings (SSSR count). The molecule has 0 aromatic carbocycles. The van der Waals surface area contributed by atoms with Crippen LogP contribution in [0.25, 0.3) is 0 Å². The number of pyridine rings is 1. The first kappa shape index (κ1) is 18.1. The molecule has 0 bridgehead atoms. The van der Waals surface area contributed by atoms with Gasteiger partial charge in [0.05, 0.1) is 6.54 Å². The number of rotatable bonds is 6. The third-order valence-electron chi connectivity index (χ3n) is 5.24. The Morgan fingerprint density at radius 1 is 1.24 bits per heavy atom. The normalized spacial score (nSPS) is 19.8. The zero-order valence-corrected chi connectivity index (χ0v) is 15.4. The lowest BCUT2D eigenvalue weighted by molar-refractivity contribution is -0.135. The number of anilines is 1. The van der Waals surface area contributed by atoms with Crippen LogP contribution < -0.4 is 10.2 Å². The van der Waals surface area contributed by atoms with Crippen molar-refractivity contribution in [3.63, 3.8) is 0 Å². The van der Waals surface area contributed by atoms with Crippen LogP contribution in [0.1, 0.15) is 26.2 Å². The molecular formula is C19H31N5O. The minimum Gasteiger partial charge on any atom is -0.354 e. The fourth-order valence-corrected chi connectivity index (χ4v) is 3.83. The average molecular weight is 345 g/mol. The summed E-state index contributed by atoms with van der Waals surface area (Å²) in [5.74, 6) is 1.34. The average Bonchev–Trinajstić information content (AvgIpc) is 2.68. The molecule has 1 amide bonds. The van der Waals surface area contributed by atoms with Gasteiger partial charge < -0.3 is 15.1 Å². The second-order valence-electron chi connectivity index (χ2n) is 7.02. The smallest absolute Gasteiger partial charge is 0.237 e. The van der Waals surface area contributed by atoms with Crippen molar-refractivity contribution in [1.29, 1.82) is 0 Å². The Morgan fingerprint density at radius 2 is 2.00 bits per heavy atom. The number of aromatic nitrogens is 1. The van der Waals surface area contributed by atoms with Gasteiger partial charge in [-0.1, -0.05) is 13.0 Å². The van der Waals surface area contributed by atoms with E-state index in [9.17, 15) is 4.79 Å². The molecule has 0 aliphatic carbocycles. The van der Waals surface area contributed by atoms with E-state index < -0.39 is 0 Å². The largest absolute Gasteiger partial charge is 0.354 e. The minimum absolute atomic E-state index is 0.306. The molecule has 2 saturated heterocycles. The van der Waals surface area contributed by atoms with E-state index in [-0.39, 0.29) is 0 Å². The number of amides is 1. The first-order chi connectivity index (χ1) is 12.3. The summed E-state index contributed by atoms with van der Waals surface area (Å²) >= 11 is 0. The van der Waals surface area contributed by atoms with Gasteiger partial charge >= 0.3 is 0 Å². The Morgan fingerprint density at radius 3 is 2.64 bits per heavy atom. The van der Waals surface area contributed by atoms with E-state index in [1.165, 1.54) is 0 Å². The van der Waals surface area contributed by atoms with Gasteiger partial charge in [0.1, 0.15) is 5.82 Å². The van der Waals surface area contributed by atoms with E-state index in [0.717, 1.165) is 70.9 Å². The summed E-state index contributed by atoms with van der Waals surface area (Å²) in [4.78, 5) is 24.1. The number of piperidine rings is 1. The predicted molar refractivity (Wildman–Crippen MR) is 101 cm³/mol. The summed E-state index contributed by atoms with van der Waals surface area (Å²) in [6, 6.07) is 6.45. The van der Waals surface area contributed by atoms with Crippen molar-refractivity contribution >= 4 is 11.7 Å². The number of carbonyl (C=O) groups is 1. The Kier molecular flexibility index (Phi) is 6.64. The van der Waals surface area contributed by atoms with Crippen molar-refractivity contribution in [3.05, 3.63) is 24.4 Å². The fourth-order valence-electron chi connectivity index (χ4n) is 3.83. The number of nitrogens with zero attached hydrogens (tertiary/aromatic N) is 4. The van der Waals surface area contributed by atoms with Crippen LogP contribution in [0.5, 0.6) is 0 Å². The van der Waals surface area contributed by atoms with Gasteiger partial charge in [-0.05, 0) is 44.5 Å². The second-order valence-corrected chi connectivity index (χ2v) is 7.02. The van der Waals surface area contributed by atoms with Gasteiger partial charge in [-0.2, -0.15) is 0 Å². The Bertz CT molecular complexity index is 524. The van der Waals surface area contributed by atoms with Crippen LogP contribution in [0.2, 0.25) is 0 Å². The van der Waals surface area contributed by atoms with Gasteiger partial charge in [-0.25, -0.2) is 4.98 Å². The van der Waals surface area contributed by atoms with Gasteiger partial charge in [0.25, 0.3) is 0 Å². The lowest BCUT2D eigenvalue weighted by Gasteiger charge is -2.38. The maximum absolute atomic E-state index is 12.9. The molecule has 0 unspecified atom stereocenters. The lowest BCUT2D eigenvalue weighted by atomic mass is 10.0. The molecule has 2 fully saturated rings. The highest BCUT2D eigenvalue weighted by molar-refractivity contribution is 5.78. The van der Waals surface area contributed by atoms with Crippen molar-refractivity contribution in [2.75, 3.05) is 57.3 Å². The van der Waals surface area contributed by atoms with Gasteiger partial charge in [-0.15, -0.1) is 0 Å². The Balaban J connectivity index is 1.50. The van der Waals surface area contributed by atoms with Crippen LogP contribution in [0.4, 0.5) is 5.82 Å². The zero-order chi connectivity index (χ0) is 17.5. The van der Waals surface area contributed by atoms with E-state index in [4.69, 9.17) is 0 Å². The van der Waals surface area contributed by atoms with Crippen molar-refractivity contribution in [2.24, 2.45) is 0 Å². The number of piperazine rings is 1. The van der Waals surface area contributed by atoms with Gasteiger partial charge in [0.2, 0.25) is 5.91 Å². The molecule has 6 nitrogen and oxygen atoms in total. The molecule has 6 heteroatoms. The summed E-state index contributed by atoms with van der Waals surface area (Å²) in [5, 5.41) is 3.39. The van der Waals surface area contributed by atoms with Crippen molar-refractivity contribution in [1.82, 2.24) is 20.1 Å². The maximum atomic E-state index is 12.9. The lowest BCUT2D eigenvalue weighted by Crippen LogP contribution is -2.53. The van der Waals surface area contributed by atoms with Gasteiger partial charge in [0.15, 0.2) is 0 Å². The molecule has 25 heavy (non-hydrogen) atoms. The molecule has 0 saturated carbocycles. The highest BCUT2D eigenvalue weighted by Gasteiger charge is 2.27. The van der Waals surface area contributed by atoms with Crippen LogP contribution in [-0.2, 0) is 4.79 Å². The number of hydrogen-bond donors (Lipinski definition) is 1. The molecule has 3 heterocycles. The zero-order valence-electron chi connectivity index (χ0n) is 15.4. The predicted octanol–water partition coefficient (Wildman–Crippen LogP) is 1.19. The van der Waals surface area contributed by atoms with E-state index in [1.807, 2.05) is 18.3 Å². The Labute approximate surface area is 151 Å². The molecular weight excluding hydrogens is 314 g/mol. The highest BCUT2D eigenvalue weighted by atomic mass is 16.2. The van der Waals surface area contributed by atoms with Crippen LogP contribution in [0, 0.1) is 0 Å². The molecule has 1 N–H and O–H groups in total. The van der Waals surface area contributed by atoms with Crippen molar-refractivity contribution < 1.29 is 4.79 Å². The summed E-state index contributed by atoms with van der Waals surface area (Å²) in [5.41, 5.74) is 0. The number of carbonyl (C=O) groups excluding carboxylic acids is 1. The van der Waals surface area contributed by atoms with Crippen molar-refractivity contribution in [3.8, 4) is 0 Å². The monoisotopic (exact) mass is 345 g/mol. The van der Waals surface area contributed by atoms with Gasteiger partial charge in [0, 0.05) is 45.0 Å². The van der Waals surface area contributed by atoms with Crippen molar-refractivity contribution in [2.45, 2.75) is 32.2 Å². The summed E-state index contributed by atoms with van der Waals surface area (Å²) in [6.07, 6.45) is 5.04. The summed E-state index contributed by atoms with van der Waals surface area (Å²) in [6.45, 7) is 9.38. The summed E-state index contributed by atoms with van der Waals surface area (Å²) < 4.78 is 0. The molecule has 0 spiro atoms. The maximum Gasteiger partial charge on any atom is 0.237 e. The molecule has 1 aromatic heterocycles. The minimum atomic E-state index is 0.306. The third kappa shape index (κ3) is 4.92. The number of nitrogens with one attached hydrogen (secondary N) is 1. The van der Waals surface area contributed by atoms with Crippen LogP contribution in [-0.4, -0.2) is 79.1 Å². The molecule has 0 radical (unpaired) electrons. The standard InChI is InChI=1S/C19H31N5O/c1-2-11-24(17-6-9-20-10-7-17)19(25)16-22-12-14-23(15-13-22)18-5-3-4-8-21-18/h3-5,8,17,20H,2,6-7,9-16H2,1H3. The van der Waals surface area contributed by atoms with E-state index >= 15 is 0 Å². The molecule has 2 aliphatic heterocycles. The fraction of sp³-hybridized carbons (Fsp3) is 0.684. The highest BCUT2D eigenvalue weighted by Crippen LogP contribution is 2.15. The topological polar surface area (TPSA) is 51.7 Å².